The largest absolute Gasteiger partial charge is 0.573 e. The molecule has 0 saturated carbocycles. The van der Waals surface area contributed by atoms with Gasteiger partial charge in [0.25, 0.3) is 0 Å². The molecule has 0 amide bonds. The van der Waals surface area contributed by atoms with Crippen molar-refractivity contribution < 1.29 is 17.9 Å². The molecule has 0 aliphatic rings. The molecule has 116 valence electrons. The first-order valence-corrected chi connectivity index (χ1v) is 7.04. The van der Waals surface area contributed by atoms with Crippen molar-refractivity contribution in [1.82, 2.24) is 0 Å². The lowest BCUT2D eigenvalue weighted by atomic mass is 10.0. The average Bonchev–Trinajstić information content (AvgIpc) is 2.48. The molecular formula is C18H17F3O. The van der Waals surface area contributed by atoms with E-state index in [9.17, 15) is 13.2 Å². The summed E-state index contributed by atoms with van der Waals surface area (Å²) in [7, 11) is 0. The Morgan fingerprint density at radius 2 is 1.45 bits per heavy atom. The first-order chi connectivity index (χ1) is 10.5. The van der Waals surface area contributed by atoms with Crippen LogP contribution in [0.15, 0.2) is 61.2 Å². The quantitative estimate of drug-likeness (QED) is 0.487. The second-order valence-corrected chi connectivity index (χ2v) is 4.95. The lowest BCUT2D eigenvalue weighted by molar-refractivity contribution is -0.274. The Balaban J connectivity index is 2.03. The molecule has 0 aliphatic heterocycles. The lowest BCUT2D eigenvalue weighted by Crippen LogP contribution is -2.16. The van der Waals surface area contributed by atoms with Crippen LogP contribution in [0.3, 0.4) is 0 Å². The third-order valence-corrected chi connectivity index (χ3v) is 3.25. The number of allylic oxidation sites excluding steroid dienone is 1. The van der Waals surface area contributed by atoms with Crippen molar-refractivity contribution in [3.05, 3.63) is 66.7 Å². The summed E-state index contributed by atoms with van der Waals surface area (Å²) in [6.45, 7) is 3.69. The van der Waals surface area contributed by atoms with Gasteiger partial charge in [0.05, 0.1) is 0 Å². The Morgan fingerprint density at radius 1 is 0.909 bits per heavy atom. The molecule has 2 aromatic carbocycles. The van der Waals surface area contributed by atoms with E-state index < -0.39 is 6.36 Å². The van der Waals surface area contributed by atoms with Crippen LogP contribution in [-0.4, -0.2) is 6.36 Å². The number of benzene rings is 2. The van der Waals surface area contributed by atoms with Crippen LogP contribution in [0, 0.1) is 0 Å². The van der Waals surface area contributed by atoms with E-state index >= 15 is 0 Å². The molecule has 0 fully saturated rings. The van der Waals surface area contributed by atoms with Crippen LogP contribution in [-0.2, 0) is 6.42 Å². The molecule has 0 radical (unpaired) electrons. The van der Waals surface area contributed by atoms with Crippen molar-refractivity contribution >= 4 is 0 Å². The van der Waals surface area contributed by atoms with Gasteiger partial charge in [0, 0.05) is 0 Å². The van der Waals surface area contributed by atoms with Crippen molar-refractivity contribution in [3.8, 4) is 16.9 Å². The van der Waals surface area contributed by atoms with Gasteiger partial charge in [-0.3, -0.25) is 0 Å². The number of ether oxygens (including phenoxy) is 1. The van der Waals surface area contributed by atoms with Crippen LogP contribution >= 0.6 is 0 Å². The highest BCUT2D eigenvalue weighted by atomic mass is 19.4. The summed E-state index contributed by atoms with van der Waals surface area (Å²) in [4.78, 5) is 0. The van der Waals surface area contributed by atoms with Gasteiger partial charge in [-0.05, 0) is 48.1 Å². The molecule has 0 aromatic heterocycles. The normalized spacial score (nSPS) is 11.2. The SMILES string of the molecule is C=CCCCc1ccc(-c2ccc(OC(F)(F)F)cc2)cc1. The first-order valence-electron chi connectivity index (χ1n) is 7.04. The molecule has 0 atom stereocenters. The summed E-state index contributed by atoms with van der Waals surface area (Å²) in [5, 5.41) is 0. The smallest absolute Gasteiger partial charge is 0.406 e. The van der Waals surface area contributed by atoms with Crippen molar-refractivity contribution in [3.63, 3.8) is 0 Å². The Hall–Kier alpha value is -2.23. The fraction of sp³-hybridized carbons (Fsp3) is 0.222. The molecule has 0 unspecified atom stereocenters. The average molecular weight is 306 g/mol. The van der Waals surface area contributed by atoms with Gasteiger partial charge in [-0.2, -0.15) is 0 Å². The Labute approximate surface area is 128 Å². The molecule has 0 N–H and O–H groups in total. The molecule has 0 saturated heterocycles. The van der Waals surface area contributed by atoms with Crippen LogP contribution in [0.2, 0.25) is 0 Å². The molecule has 2 aromatic rings. The van der Waals surface area contributed by atoms with Gasteiger partial charge in [0.2, 0.25) is 0 Å². The molecule has 0 aliphatic carbocycles. The zero-order valence-corrected chi connectivity index (χ0v) is 12.1. The molecule has 0 heterocycles. The van der Waals surface area contributed by atoms with Gasteiger partial charge in [-0.15, -0.1) is 19.8 Å². The highest BCUT2D eigenvalue weighted by molar-refractivity contribution is 5.64. The Bertz CT molecular complexity index is 598. The standard InChI is InChI=1S/C18H17F3O/c1-2-3-4-5-14-6-8-15(9-7-14)16-10-12-17(13-11-16)22-18(19,20)21/h2,6-13H,1,3-5H2. The number of halogens is 3. The van der Waals surface area contributed by atoms with Crippen LogP contribution in [0.1, 0.15) is 18.4 Å². The minimum Gasteiger partial charge on any atom is -0.406 e. The maximum atomic E-state index is 12.1. The van der Waals surface area contributed by atoms with E-state index in [0.717, 1.165) is 30.4 Å². The molecule has 22 heavy (non-hydrogen) atoms. The second kappa shape index (κ2) is 7.16. The Kier molecular flexibility index (Phi) is 5.26. The first kappa shape index (κ1) is 16.1. The summed E-state index contributed by atoms with van der Waals surface area (Å²) in [5.41, 5.74) is 3.06. The van der Waals surface area contributed by atoms with Crippen molar-refractivity contribution in [2.24, 2.45) is 0 Å². The number of alkyl halides is 3. The van der Waals surface area contributed by atoms with E-state index in [-0.39, 0.29) is 5.75 Å². The molecule has 0 spiro atoms. The zero-order valence-electron chi connectivity index (χ0n) is 12.1. The monoisotopic (exact) mass is 306 g/mol. The molecule has 0 bridgehead atoms. The predicted molar refractivity (Wildman–Crippen MR) is 81.7 cm³/mol. The van der Waals surface area contributed by atoms with E-state index in [1.54, 1.807) is 12.1 Å². The van der Waals surface area contributed by atoms with Gasteiger partial charge >= 0.3 is 6.36 Å². The van der Waals surface area contributed by atoms with Crippen molar-refractivity contribution in [2.75, 3.05) is 0 Å². The fourth-order valence-corrected chi connectivity index (χ4v) is 2.16. The van der Waals surface area contributed by atoms with Crippen molar-refractivity contribution in [2.45, 2.75) is 25.6 Å². The highest BCUT2D eigenvalue weighted by Crippen LogP contribution is 2.26. The summed E-state index contributed by atoms with van der Waals surface area (Å²) < 4.78 is 40.2. The van der Waals surface area contributed by atoms with Gasteiger partial charge in [0.15, 0.2) is 0 Å². The zero-order chi connectivity index (χ0) is 16.0. The maximum Gasteiger partial charge on any atom is 0.573 e. The van der Waals surface area contributed by atoms with E-state index in [1.807, 2.05) is 30.3 Å². The highest BCUT2D eigenvalue weighted by Gasteiger charge is 2.30. The molecule has 1 nitrogen and oxygen atoms in total. The number of rotatable bonds is 6. The minimum atomic E-state index is -4.66. The number of unbranched alkanes of at least 4 members (excludes halogenated alkanes) is 1. The van der Waals surface area contributed by atoms with Gasteiger partial charge in [0.1, 0.15) is 5.75 Å². The van der Waals surface area contributed by atoms with Crippen LogP contribution in [0.4, 0.5) is 13.2 Å². The van der Waals surface area contributed by atoms with Crippen LogP contribution in [0.5, 0.6) is 5.75 Å². The van der Waals surface area contributed by atoms with Crippen LogP contribution < -0.4 is 4.74 Å². The van der Waals surface area contributed by atoms with E-state index in [1.165, 1.54) is 17.7 Å². The van der Waals surface area contributed by atoms with Crippen LogP contribution in [0.25, 0.3) is 11.1 Å². The van der Waals surface area contributed by atoms with Crippen molar-refractivity contribution in [1.29, 1.82) is 0 Å². The molecule has 2 rings (SSSR count). The fourth-order valence-electron chi connectivity index (χ4n) is 2.16. The third-order valence-electron chi connectivity index (χ3n) is 3.25. The Morgan fingerprint density at radius 3 is 1.95 bits per heavy atom. The summed E-state index contributed by atoms with van der Waals surface area (Å²) >= 11 is 0. The summed E-state index contributed by atoms with van der Waals surface area (Å²) in [6.07, 6.45) is 0.285. The number of hydrogen-bond donors (Lipinski definition) is 0. The van der Waals surface area contributed by atoms with E-state index in [4.69, 9.17) is 0 Å². The van der Waals surface area contributed by atoms with Gasteiger partial charge in [-0.25, -0.2) is 0 Å². The second-order valence-electron chi connectivity index (χ2n) is 4.95. The predicted octanol–water partition coefficient (Wildman–Crippen LogP) is 5.76. The maximum absolute atomic E-state index is 12.1. The van der Waals surface area contributed by atoms with Gasteiger partial charge in [-0.1, -0.05) is 42.5 Å². The molecule has 4 heteroatoms. The van der Waals surface area contributed by atoms with E-state index in [0.29, 0.717) is 0 Å². The molecular weight excluding hydrogens is 289 g/mol. The summed E-state index contributed by atoms with van der Waals surface area (Å²) in [6, 6.07) is 13.9. The topological polar surface area (TPSA) is 9.23 Å². The number of hydrogen-bond acceptors (Lipinski definition) is 1. The van der Waals surface area contributed by atoms with E-state index in [2.05, 4.69) is 11.3 Å². The minimum absolute atomic E-state index is 0.211. The van der Waals surface area contributed by atoms with Gasteiger partial charge < -0.3 is 4.74 Å². The number of aryl methyl sites for hydroxylation is 1. The third kappa shape index (κ3) is 4.95. The summed E-state index contributed by atoms with van der Waals surface area (Å²) in [5.74, 6) is -0.211. The lowest BCUT2D eigenvalue weighted by Gasteiger charge is -2.09.